The number of halogens is 1. The Morgan fingerprint density at radius 2 is 1.80 bits per heavy atom. The van der Waals surface area contributed by atoms with Crippen molar-refractivity contribution >= 4 is 30.4 Å². The van der Waals surface area contributed by atoms with Crippen molar-refractivity contribution in [1.82, 2.24) is 0 Å². The largest absolute Gasteiger partial charge is 0.507 e. The molecule has 1 N–H and O–H groups in total. The fraction of sp³-hybridized carbons (Fsp3) is 0.0625. The average Bonchev–Trinajstić information content (AvgIpc) is 2.97. The summed E-state index contributed by atoms with van der Waals surface area (Å²) in [5.41, 5.74) is 1.23. The Bertz CT molecular complexity index is 845. The van der Waals surface area contributed by atoms with Crippen LogP contribution in [0.25, 0.3) is 4.91 Å². The van der Waals surface area contributed by atoms with E-state index in [9.17, 15) is 19.1 Å². The van der Waals surface area contributed by atoms with E-state index in [1.54, 1.807) is 18.2 Å². The van der Waals surface area contributed by atoms with Crippen molar-refractivity contribution in [3.8, 4) is 11.5 Å². The molecule has 0 aliphatic carbocycles. The van der Waals surface area contributed by atoms with Crippen LogP contribution < -0.4 is 18.7 Å². The van der Waals surface area contributed by atoms with Crippen LogP contribution in [0.3, 0.4) is 0 Å². The Morgan fingerprint density at radius 1 is 1.08 bits per heavy atom. The molecule has 0 radical (unpaired) electrons. The second kappa shape index (κ2) is 7.38. The molecule has 6 nitrogen and oxygen atoms in total. The number of rotatable bonds is 5. The van der Waals surface area contributed by atoms with Crippen LogP contribution in [0.1, 0.15) is 11.1 Å². The molecule has 9 heteroatoms. The van der Waals surface area contributed by atoms with Gasteiger partial charge < -0.3 is 9.84 Å². The van der Waals surface area contributed by atoms with E-state index in [4.69, 9.17) is 4.74 Å². The van der Waals surface area contributed by atoms with Crippen molar-refractivity contribution in [3.63, 3.8) is 0 Å². The van der Waals surface area contributed by atoms with Crippen LogP contribution in [0.5, 0.6) is 11.5 Å². The van der Waals surface area contributed by atoms with Crippen LogP contribution in [-0.4, -0.2) is 17.1 Å². The highest BCUT2D eigenvalue weighted by Gasteiger charge is 2.32. The Labute approximate surface area is 152 Å². The van der Waals surface area contributed by atoms with Gasteiger partial charge in [0, 0.05) is 16.5 Å². The van der Waals surface area contributed by atoms with Gasteiger partial charge in [-0.15, -0.1) is 0 Å². The van der Waals surface area contributed by atoms with Crippen LogP contribution in [0.2, 0.25) is 0 Å². The quantitative estimate of drug-likeness (QED) is 0.582. The lowest BCUT2D eigenvalue weighted by molar-refractivity contribution is -1.91. The standard InChI is InChI=1S/C16H13ClO6S2/c1-22-12-7-8-13(14(18)9-12)16-10-15(11-5-3-2-4-6-11)24-25(16)23-17(19,20)21/h2-10,18H,1H3. The van der Waals surface area contributed by atoms with Gasteiger partial charge in [-0.1, -0.05) is 30.3 Å². The minimum absolute atomic E-state index is 0.0958. The summed E-state index contributed by atoms with van der Waals surface area (Å²) in [4.78, 5) is 1.16. The van der Waals surface area contributed by atoms with Crippen LogP contribution in [0, 0.1) is 10.2 Å². The molecule has 1 heterocycles. The third kappa shape index (κ3) is 4.36. The number of phenols is 1. The minimum Gasteiger partial charge on any atom is -0.507 e. The Morgan fingerprint density at radius 3 is 2.40 bits per heavy atom. The lowest BCUT2D eigenvalue weighted by Gasteiger charge is -2.13. The number of benzene rings is 2. The number of hydrogen-bond donors (Lipinski definition) is 1. The van der Waals surface area contributed by atoms with E-state index in [0.29, 0.717) is 16.2 Å². The van der Waals surface area contributed by atoms with Gasteiger partial charge in [-0.2, -0.15) is 14.0 Å². The van der Waals surface area contributed by atoms with E-state index in [0.717, 1.165) is 21.3 Å². The van der Waals surface area contributed by atoms with Crippen molar-refractivity contribution in [3.05, 3.63) is 65.7 Å². The molecule has 25 heavy (non-hydrogen) atoms. The monoisotopic (exact) mass is 400 g/mol. The molecular formula is C16H13ClO6S2. The maximum absolute atomic E-state index is 11.1. The van der Waals surface area contributed by atoms with Crippen LogP contribution in [-0.2, 0) is 3.74 Å². The van der Waals surface area contributed by atoms with Crippen molar-refractivity contribution in [2.75, 3.05) is 7.11 Å². The van der Waals surface area contributed by atoms with Crippen molar-refractivity contribution in [1.29, 1.82) is 0 Å². The third-order valence-electron chi connectivity index (χ3n) is 3.27. The van der Waals surface area contributed by atoms with E-state index in [-0.39, 0.29) is 5.75 Å². The number of hydrogen-bond acceptors (Lipinski definition) is 7. The highest BCUT2D eigenvalue weighted by molar-refractivity contribution is 8.85. The maximum Gasteiger partial charge on any atom is 0.180 e. The predicted octanol–water partition coefficient (Wildman–Crippen LogP) is 0.722. The highest BCUT2D eigenvalue weighted by atomic mass is 35.7. The topological polar surface area (TPSA) is 108 Å². The summed E-state index contributed by atoms with van der Waals surface area (Å²) in [5.74, 6) is 0.358. The van der Waals surface area contributed by atoms with Crippen molar-refractivity contribution in [2.45, 2.75) is 0 Å². The summed E-state index contributed by atoms with van der Waals surface area (Å²) in [6.45, 7) is 0. The molecule has 0 aromatic heterocycles. The van der Waals surface area contributed by atoms with Gasteiger partial charge >= 0.3 is 0 Å². The van der Waals surface area contributed by atoms with Gasteiger partial charge in [0.2, 0.25) is 0 Å². The molecule has 132 valence electrons. The Balaban J connectivity index is 2.05. The summed E-state index contributed by atoms with van der Waals surface area (Å²) in [6.07, 6.45) is 1.71. The van der Waals surface area contributed by atoms with Crippen molar-refractivity contribution < 1.29 is 37.8 Å². The van der Waals surface area contributed by atoms with Gasteiger partial charge in [0.15, 0.2) is 9.80 Å². The Kier molecular flexibility index (Phi) is 5.40. The maximum atomic E-state index is 11.1. The average molecular weight is 401 g/mol. The molecule has 0 bridgehead atoms. The summed E-state index contributed by atoms with van der Waals surface area (Å²) < 4.78 is 42.9. The first-order valence-electron chi connectivity index (χ1n) is 6.92. The summed E-state index contributed by atoms with van der Waals surface area (Å²) >= 11 is 0. The zero-order valence-corrected chi connectivity index (χ0v) is 15.3. The fourth-order valence-electron chi connectivity index (χ4n) is 2.18. The van der Waals surface area contributed by atoms with Gasteiger partial charge in [-0.3, -0.25) is 0 Å². The number of allylic oxidation sites excluding steroid dienone is 1. The number of methoxy groups -OCH3 is 1. The van der Waals surface area contributed by atoms with E-state index in [1.807, 2.05) is 30.3 Å². The second-order valence-electron chi connectivity index (χ2n) is 4.88. The van der Waals surface area contributed by atoms with Gasteiger partial charge in [-0.25, -0.2) is 0 Å². The predicted molar refractivity (Wildman–Crippen MR) is 89.5 cm³/mol. The van der Waals surface area contributed by atoms with Gasteiger partial charge in [0.1, 0.15) is 15.2 Å². The SMILES string of the molecule is COc1ccc(C2=S(O[Cl+3]([O-])([O-])[O-])SC(c3ccccc3)=C2)c(O)c1. The van der Waals surface area contributed by atoms with E-state index < -0.39 is 20.0 Å². The number of aromatic hydroxyl groups is 1. The first kappa shape index (κ1) is 18.3. The molecule has 0 saturated carbocycles. The smallest absolute Gasteiger partial charge is 0.180 e. The van der Waals surface area contributed by atoms with Crippen molar-refractivity contribution in [2.24, 2.45) is 0 Å². The Hall–Kier alpha value is -1.52. The van der Waals surface area contributed by atoms with Crippen LogP contribution in [0.15, 0.2) is 54.6 Å². The molecular weight excluding hydrogens is 388 g/mol. The second-order valence-corrected chi connectivity index (χ2v) is 9.06. The zero-order chi connectivity index (χ0) is 18.0. The summed E-state index contributed by atoms with van der Waals surface area (Å²) in [7, 11) is -3.43. The van der Waals surface area contributed by atoms with E-state index >= 15 is 0 Å². The minimum atomic E-state index is -4.61. The summed E-state index contributed by atoms with van der Waals surface area (Å²) in [5, 5.41) is 10.2. The molecule has 1 aliphatic heterocycles. The fourth-order valence-corrected chi connectivity index (χ4v) is 6.81. The third-order valence-corrected chi connectivity index (χ3v) is 7.72. The lowest BCUT2D eigenvalue weighted by Crippen LogP contribution is -2.60. The molecule has 1 unspecified atom stereocenters. The molecule has 2 aromatic rings. The zero-order valence-electron chi connectivity index (χ0n) is 12.9. The highest BCUT2D eigenvalue weighted by Crippen LogP contribution is 2.52. The molecule has 0 saturated heterocycles. The number of phenolic OH excluding ortho intramolecular Hbond substituents is 1. The first-order valence-corrected chi connectivity index (χ1v) is 10.6. The normalized spacial score (nSPS) is 17.5. The molecule has 0 spiro atoms. The van der Waals surface area contributed by atoms with Crippen LogP contribution in [0.4, 0.5) is 0 Å². The molecule has 0 amide bonds. The molecule has 0 fully saturated rings. The lowest BCUT2D eigenvalue weighted by atomic mass is 10.1. The molecule has 1 aliphatic rings. The first-order chi connectivity index (χ1) is 11.9. The number of ether oxygens (including phenoxy) is 1. The van der Waals surface area contributed by atoms with Gasteiger partial charge in [0.25, 0.3) is 0 Å². The molecule has 1 atom stereocenters. The van der Waals surface area contributed by atoms with E-state index in [1.165, 1.54) is 13.2 Å². The molecule has 2 aromatic carbocycles. The van der Waals surface area contributed by atoms with Gasteiger partial charge in [0.05, 0.1) is 22.2 Å². The van der Waals surface area contributed by atoms with Gasteiger partial charge in [-0.05, 0) is 34.6 Å². The van der Waals surface area contributed by atoms with E-state index in [2.05, 4.69) is 3.74 Å². The molecule has 3 rings (SSSR count). The van der Waals surface area contributed by atoms with Crippen LogP contribution >= 0.6 is 20.6 Å². The summed E-state index contributed by atoms with van der Waals surface area (Å²) in [6, 6.07) is 13.9.